The molecule has 0 N–H and O–H groups in total. The van der Waals surface area contributed by atoms with Crippen molar-refractivity contribution in [2.75, 3.05) is 20.8 Å². The van der Waals surface area contributed by atoms with Gasteiger partial charge in [0.25, 0.3) is 5.56 Å². The average molecular weight is 717 g/mol. The van der Waals surface area contributed by atoms with Crippen LogP contribution in [0.4, 0.5) is 0 Å². The fraction of sp³-hybridized carbons (Fsp3) is 0.146. The lowest BCUT2D eigenvalue weighted by atomic mass is 9.93. The number of ether oxygens (including phenoxy) is 4. The number of rotatable bonds is 10. The highest BCUT2D eigenvalue weighted by atomic mass is 35.5. The third kappa shape index (κ3) is 6.66. The van der Waals surface area contributed by atoms with E-state index in [0.29, 0.717) is 48.4 Å². The van der Waals surface area contributed by atoms with Crippen molar-refractivity contribution in [1.29, 1.82) is 0 Å². The molecule has 51 heavy (non-hydrogen) atoms. The van der Waals surface area contributed by atoms with E-state index in [0.717, 1.165) is 21.9 Å². The van der Waals surface area contributed by atoms with Gasteiger partial charge in [0, 0.05) is 5.56 Å². The van der Waals surface area contributed by atoms with E-state index in [1.54, 1.807) is 56.1 Å². The molecule has 2 heterocycles. The molecule has 5 aromatic carbocycles. The Hall–Kier alpha value is -5.64. The monoisotopic (exact) mass is 716 g/mol. The van der Waals surface area contributed by atoms with Crippen molar-refractivity contribution in [2.45, 2.75) is 19.6 Å². The zero-order chi connectivity index (χ0) is 35.5. The Morgan fingerprint density at radius 3 is 2.41 bits per heavy atom. The zero-order valence-corrected chi connectivity index (χ0v) is 29.7. The highest BCUT2D eigenvalue weighted by Gasteiger charge is 2.35. The zero-order valence-electron chi connectivity index (χ0n) is 28.1. The number of hydrogen-bond acceptors (Lipinski definition) is 8. The first-order valence-electron chi connectivity index (χ1n) is 16.3. The largest absolute Gasteiger partial charge is 0.497 e. The van der Waals surface area contributed by atoms with Crippen molar-refractivity contribution in [3.8, 4) is 17.2 Å². The molecule has 1 aromatic heterocycles. The molecule has 0 fully saturated rings. The highest BCUT2D eigenvalue weighted by molar-refractivity contribution is 7.07. The fourth-order valence-electron chi connectivity index (χ4n) is 6.22. The number of nitrogens with zero attached hydrogens (tertiary/aromatic N) is 2. The molecule has 0 unspecified atom stereocenters. The van der Waals surface area contributed by atoms with Crippen LogP contribution in [0.1, 0.15) is 35.2 Å². The van der Waals surface area contributed by atoms with Gasteiger partial charge < -0.3 is 18.9 Å². The Labute approximate surface area is 303 Å². The van der Waals surface area contributed by atoms with Crippen LogP contribution in [-0.2, 0) is 16.1 Å². The van der Waals surface area contributed by atoms with E-state index in [-0.39, 0.29) is 24.3 Å². The van der Waals surface area contributed by atoms with Crippen molar-refractivity contribution in [3.63, 3.8) is 0 Å². The number of thiazole rings is 1. The first-order chi connectivity index (χ1) is 24.9. The lowest BCUT2D eigenvalue weighted by Gasteiger charge is -2.26. The minimum atomic E-state index is -0.813. The van der Waals surface area contributed by atoms with Gasteiger partial charge in [-0.25, -0.2) is 9.79 Å². The molecule has 7 rings (SSSR count). The van der Waals surface area contributed by atoms with Gasteiger partial charge in [0.1, 0.15) is 12.4 Å². The standard InChI is InChI=1S/C41H33ClN2O6S/c1-4-49-40(46)35-36(27-12-6-5-7-13-27)43-41-44(37(35)28-17-19-30(47-2)20-18-28)39(45)34(51-41)23-25-21-32(42)38(33(22-25)48-3)50-24-29-15-10-14-26-11-8-9-16-31(26)29/h5-23,37H,4,24H2,1-3H3/b34-23-/t37-/m1/s1. The van der Waals surface area contributed by atoms with Crippen LogP contribution in [0, 0.1) is 0 Å². The Bertz CT molecular complexity index is 2470. The molecule has 10 heteroatoms. The number of hydrogen-bond donors (Lipinski definition) is 0. The Morgan fingerprint density at radius 2 is 1.67 bits per heavy atom. The molecule has 0 amide bonds. The van der Waals surface area contributed by atoms with Gasteiger partial charge in [0.15, 0.2) is 16.3 Å². The second-order valence-corrected chi connectivity index (χ2v) is 13.1. The van der Waals surface area contributed by atoms with E-state index in [9.17, 15) is 9.59 Å². The highest BCUT2D eigenvalue weighted by Crippen LogP contribution is 2.38. The maximum atomic E-state index is 14.4. The number of carbonyl (C=O) groups is 1. The second-order valence-electron chi connectivity index (χ2n) is 11.7. The van der Waals surface area contributed by atoms with Crippen LogP contribution in [0.15, 0.2) is 125 Å². The van der Waals surface area contributed by atoms with Crippen LogP contribution in [0.25, 0.3) is 22.5 Å². The number of halogens is 1. The van der Waals surface area contributed by atoms with Crippen molar-refractivity contribution in [1.82, 2.24) is 4.57 Å². The fourth-order valence-corrected chi connectivity index (χ4v) is 7.50. The first-order valence-corrected chi connectivity index (χ1v) is 17.5. The number of methoxy groups -OCH3 is 2. The van der Waals surface area contributed by atoms with Gasteiger partial charge in [-0.05, 0) is 64.7 Å². The lowest BCUT2D eigenvalue weighted by Crippen LogP contribution is -2.40. The quantitative estimate of drug-likeness (QED) is 0.138. The summed E-state index contributed by atoms with van der Waals surface area (Å²) in [5.41, 5.74) is 3.47. The van der Waals surface area contributed by atoms with Gasteiger partial charge in [-0.1, -0.05) is 108 Å². The van der Waals surface area contributed by atoms with Crippen molar-refractivity contribution < 1.29 is 23.7 Å². The number of esters is 1. The Kier molecular flexibility index (Phi) is 9.74. The smallest absolute Gasteiger partial charge is 0.338 e. The summed E-state index contributed by atoms with van der Waals surface area (Å²) in [6.07, 6.45) is 1.74. The molecule has 1 aliphatic rings. The first kappa shape index (κ1) is 33.8. The molecule has 0 saturated heterocycles. The van der Waals surface area contributed by atoms with E-state index in [1.807, 2.05) is 66.7 Å². The Balaban J connectivity index is 1.33. The van der Waals surface area contributed by atoms with Crippen LogP contribution >= 0.6 is 22.9 Å². The van der Waals surface area contributed by atoms with Gasteiger partial charge in [-0.2, -0.15) is 0 Å². The van der Waals surface area contributed by atoms with Gasteiger partial charge >= 0.3 is 5.97 Å². The molecule has 1 aliphatic heterocycles. The number of fused-ring (bicyclic) bond motifs is 2. The van der Waals surface area contributed by atoms with Gasteiger partial charge in [0.2, 0.25) is 0 Å². The summed E-state index contributed by atoms with van der Waals surface area (Å²) in [5.74, 6) is 0.919. The molecule has 0 aliphatic carbocycles. The van der Waals surface area contributed by atoms with E-state index in [4.69, 9.17) is 35.5 Å². The molecule has 1 atom stereocenters. The summed E-state index contributed by atoms with van der Waals surface area (Å²) >= 11 is 8.03. The van der Waals surface area contributed by atoms with Gasteiger partial charge in [-0.15, -0.1) is 0 Å². The summed E-state index contributed by atoms with van der Waals surface area (Å²) in [7, 11) is 3.13. The van der Waals surface area contributed by atoms with Crippen molar-refractivity contribution in [3.05, 3.63) is 162 Å². The SMILES string of the molecule is CCOC(=O)C1=C(c2ccccc2)N=c2s/c(=C\c3cc(Cl)c(OCc4cccc5ccccc45)c(OC)c3)c(=O)n2[C@@H]1c1ccc(OC)cc1. The predicted molar refractivity (Wildman–Crippen MR) is 200 cm³/mol. The molecule has 0 bridgehead atoms. The average Bonchev–Trinajstić information content (AvgIpc) is 3.47. The van der Waals surface area contributed by atoms with Gasteiger partial charge in [-0.3, -0.25) is 9.36 Å². The van der Waals surface area contributed by atoms with Crippen LogP contribution in [-0.4, -0.2) is 31.4 Å². The Morgan fingerprint density at radius 1 is 0.922 bits per heavy atom. The molecule has 6 aromatic rings. The maximum Gasteiger partial charge on any atom is 0.338 e. The summed E-state index contributed by atoms with van der Waals surface area (Å²) in [5, 5.41) is 2.55. The van der Waals surface area contributed by atoms with Crippen LogP contribution in [0.2, 0.25) is 5.02 Å². The van der Waals surface area contributed by atoms with Crippen molar-refractivity contribution >= 4 is 51.5 Å². The van der Waals surface area contributed by atoms with E-state index in [1.165, 1.54) is 11.3 Å². The third-order valence-electron chi connectivity index (χ3n) is 8.61. The summed E-state index contributed by atoms with van der Waals surface area (Å²) < 4.78 is 24.8. The molecule has 0 saturated carbocycles. The van der Waals surface area contributed by atoms with E-state index >= 15 is 0 Å². The van der Waals surface area contributed by atoms with Gasteiger partial charge in [0.05, 0.1) is 47.7 Å². The minimum Gasteiger partial charge on any atom is -0.497 e. The summed E-state index contributed by atoms with van der Waals surface area (Å²) in [4.78, 5) is 33.4. The maximum absolute atomic E-state index is 14.4. The molecule has 0 spiro atoms. The van der Waals surface area contributed by atoms with E-state index in [2.05, 4.69) is 18.2 Å². The second kappa shape index (κ2) is 14.7. The van der Waals surface area contributed by atoms with E-state index < -0.39 is 12.0 Å². The minimum absolute atomic E-state index is 0.161. The van der Waals surface area contributed by atoms with Crippen molar-refractivity contribution in [2.24, 2.45) is 4.99 Å². The molecular weight excluding hydrogens is 684 g/mol. The third-order valence-corrected chi connectivity index (χ3v) is 9.87. The number of carbonyl (C=O) groups excluding carboxylic acids is 1. The molecule has 256 valence electrons. The topological polar surface area (TPSA) is 88.4 Å². The lowest BCUT2D eigenvalue weighted by molar-refractivity contribution is -0.138. The summed E-state index contributed by atoms with van der Waals surface area (Å²) in [6, 6.07) is 33.6. The van der Waals surface area contributed by atoms with Crippen LogP contribution in [0.3, 0.4) is 0 Å². The number of aromatic nitrogens is 1. The van der Waals surface area contributed by atoms with Crippen LogP contribution in [0.5, 0.6) is 17.2 Å². The molecular formula is C41H33ClN2O6S. The predicted octanol–water partition coefficient (Wildman–Crippen LogP) is 7.34. The summed E-state index contributed by atoms with van der Waals surface area (Å²) in [6.45, 7) is 2.19. The van der Waals surface area contributed by atoms with Crippen LogP contribution < -0.4 is 29.1 Å². The normalized spacial score (nSPS) is 14.2. The number of benzene rings is 5. The molecule has 0 radical (unpaired) electrons. The molecule has 8 nitrogen and oxygen atoms in total.